The molecule has 4 N–H and O–H groups in total. The predicted molar refractivity (Wildman–Crippen MR) is 190 cm³/mol. The van der Waals surface area contributed by atoms with Crippen LogP contribution in [-0.4, -0.2) is 86.7 Å². The normalized spacial score (nSPS) is 12.9. The van der Waals surface area contributed by atoms with Crippen molar-refractivity contribution >= 4 is 35.1 Å². The van der Waals surface area contributed by atoms with Gasteiger partial charge in [-0.3, -0.25) is 24.0 Å². The van der Waals surface area contributed by atoms with Gasteiger partial charge in [0.1, 0.15) is 6.04 Å². The van der Waals surface area contributed by atoms with Crippen molar-refractivity contribution in [1.29, 1.82) is 0 Å². The standard InChI is InChI=1S/C22H24N4O5.C12H18N2.C3H8/c1-15(26-19(28)14-25-21(30)17-10-6-3-7-11-17)20(29)24-13-18(27)22(31)23-12-16-8-4-2-5-9-16;1-11-3-5-12(6-4-11)14-9-7-13(2)8-10-14;1-3-2/h2-11,15H,12-14H2,1H3,(H,23,31)(H,24,29)(H,25,30)(H,26,28);3-6H,7-10H2,1-2H3;3H2,1-2H3/t15-;;/m0../s1. The van der Waals surface area contributed by atoms with Crippen molar-refractivity contribution in [2.75, 3.05) is 51.2 Å². The Kier molecular flexibility index (Phi) is 17.7. The molecule has 1 aliphatic heterocycles. The summed E-state index contributed by atoms with van der Waals surface area (Å²) in [4.78, 5) is 64.4. The van der Waals surface area contributed by atoms with Crippen LogP contribution in [0.5, 0.6) is 0 Å². The fourth-order valence-corrected chi connectivity index (χ4v) is 4.31. The van der Waals surface area contributed by atoms with Gasteiger partial charge in [0.05, 0.1) is 13.1 Å². The number of Topliss-reactive ketones (excluding diaryl/α,β-unsaturated/α-hetero) is 1. The lowest BCUT2D eigenvalue weighted by atomic mass is 10.2. The summed E-state index contributed by atoms with van der Waals surface area (Å²) < 4.78 is 0. The lowest BCUT2D eigenvalue weighted by molar-refractivity contribution is -0.138. The summed E-state index contributed by atoms with van der Waals surface area (Å²) in [5.41, 5.74) is 3.94. The van der Waals surface area contributed by atoms with Crippen molar-refractivity contribution in [3.8, 4) is 0 Å². The fraction of sp³-hybridized carbons (Fsp3) is 0.378. The molecule has 1 atom stereocenters. The Balaban J connectivity index is 0.000000387. The molecule has 1 saturated heterocycles. The number of hydrogen-bond acceptors (Lipinski definition) is 7. The number of amides is 4. The van der Waals surface area contributed by atoms with Gasteiger partial charge in [-0.05, 0) is 50.7 Å². The summed E-state index contributed by atoms with van der Waals surface area (Å²) in [7, 11) is 2.19. The molecule has 1 fully saturated rings. The van der Waals surface area contributed by atoms with Gasteiger partial charge in [0, 0.05) is 44.0 Å². The largest absolute Gasteiger partial charge is 0.369 e. The topological polar surface area (TPSA) is 140 Å². The highest BCUT2D eigenvalue weighted by Gasteiger charge is 2.19. The van der Waals surface area contributed by atoms with E-state index in [1.54, 1.807) is 42.5 Å². The van der Waals surface area contributed by atoms with Gasteiger partial charge in [0.25, 0.3) is 11.8 Å². The van der Waals surface area contributed by atoms with Crippen molar-refractivity contribution < 1.29 is 24.0 Å². The van der Waals surface area contributed by atoms with Gasteiger partial charge in [-0.1, -0.05) is 86.5 Å². The van der Waals surface area contributed by atoms with E-state index in [0.717, 1.165) is 18.7 Å². The van der Waals surface area contributed by atoms with E-state index in [1.165, 1.54) is 37.7 Å². The molecule has 0 radical (unpaired) electrons. The molecule has 11 nitrogen and oxygen atoms in total. The van der Waals surface area contributed by atoms with Gasteiger partial charge in [-0.2, -0.15) is 0 Å². The predicted octanol–water partition coefficient (Wildman–Crippen LogP) is 3.09. The molecule has 4 amide bonds. The van der Waals surface area contributed by atoms with Crippen molar-refractivity contribution in [3.05, 3.63) is 102 Å². The Morgan fingerprint density at radius 2 is 1.29 bits per heavy atom. The third-order valence-electron chi connectivity index (χ3n) is 7.09. The maximum Gasteiger partial charge on any atom is 0.289 e. The van der Waals surface area contributed by atoms with E-state index < -0.39 is 42.0 Å². The molecule has 48 heavy (non-hydrogen) atoms. The first kappa shape index (κ1) is 39.1. The van der Waals surface area contributed by atoms with Crippen LogP contribution in [0.3, 0.4) is 0 Å². The molecule has 1 heterocycles. The Labute approximate surface area is 284 Å². The van der Waals surface area contributed by atoms with Crippen LogP contribution in [-0.2, 0) is 25.7 Å². The first-order valence-corrected chi connectivity index (χ1v) is 16.3. The zero-order valence-electron chi connectivity index (χ0n) is 28.8. The summed E-state index contributed by atoms with van der Waals surface area (Å²) in [6, 6.07) is 25.3. The van der Waals surface area contributed by atoms with Gasteiger partial charge in [-0.25, -0.2) is 0 Å². The highest BCUT2D eigenvalue weighted by molar-refractivity contribution is 6.37. The van der Waals surface area contributed by atoms with Gasteiger partial charge < -0.3 is 31.1 Å². The minimum Gasteiger partial charge on any atom is -0.369 e. The molecule has 3 aromatic carbocycles. The number of anilines is 1. The monoisotopic (exact) mass is 658 g/mol. The third-order valence-corrected chi connectivity index (χ3v) is 7.09. The van der Waals surface area contributed by atoms with E-state index in [0.29, 0.717) is 5.56 Å². The summed E-state index contributed by atoms with van der Waals surface area (Å²) in [5, 5.41) is 9.64. The lowest BCUT2D eigenvalue weighted by Crippen LogP contribution is -2.49. The van der Waals surface area contributed by atoms with E-state index in [9.17, 15) is 24.0 Å². The zero-order valence-corrected chi connectivity index (χ0v) is 28.8. The molecular formula is C37H50N6O5. The number of benzene rings is 3. The highest BCUT2D eigenvalue weighted by Crippen LogP contribution is 2.16. The second-order valence-electron chi connectivity index (χ2n) is 11.5. The molecule has 1 aliphatic rings. The first-order valence-electron chi connectivity index (χ1n) is 16.3. The molecule has 3 aromatic rings. The van der Waals surface area contributed by atoms with Crippen LogP contribution in [0.1, 0.15) is 48.7 Å². The van der Waals surface area contributed by atoms with E-state index in [-0.39, 0.29) is 13.1 Å². The van der Waals surface area contributed by atoms with Crippen molar-refractivity contribution in [2.45, 2.75) is 46.7 Å². The number of nitrogens with zero attached hydrogens (tertiary/aromatic N) is 2. The molecule has 0 bridgehead atoms. The smallest absolute Gasteiger partial charge is 0.289 e. The van der Waals surface area contributed by atoms with Crippen LogP contribution < -0.4 is 26.2 Å². The van der Waals surface area contributed by atoms with Gasteiger partial charge in [0.15, 0.2) is 0 Å². The highest BCUT2D eigenvalue weighted by atomic mass is 16.2. The summed E-state index contributed by atoms with van der Waals surface area (Å²) in [6.45, 7) is 11.8. The molecule has 0 saturated carbocycles. The van der Waals surface area contributed by atoms with Crippen LogP contribution >= 0.6 is 0 Å². The number of hydrogen-bond donors (Lipinski definition) is 4. The lowest BCUT2D eigenvalue weighted by Gasteiger charge is -2.34. The molecular weight excluding hydrogens is 608 g/mol. The molecule has 11 heteroatoms. The second kappa shape index (κ2) is 21.7. The molecule has 0 spiro atoms. The van der Waals surface area contributed by atoms with Gasteiger partial charge in [-0.15, -0.1) is 0 Å². The van der Waals surface area contributed by atoms with E-state index in [2.05, 4.69) is 83.2 Å². The molecule has 0 aromatic heterocycles. The number of carbonyl (C=O) groups excluding carboxylic acids is 5. The summed E-state index contributed by atoms with van der Waals surface area (Å²) >= 11 is 0. The second-order valence-corrected chi connectivity index (χ2v) is 11.5. The quantitative estimate of drug-likeness (QED) is 0.232. The van der Waals surface area contributed by atoms with Crippen LogP contribution in [0.15, 0.2) is 84.9 Å². The Bertz CT molecular complexity index is 1430. The number of ketones is 1. The summed E-state index contributed by atoms with van der Waals surface area (Å²) in [6.07, 6.45) is 1.25. The van der Waals surface area contributed by atoms with Gasteiger partial charge in [0.2, 0.25) is 17.6 Å². The average molecular weight is 659 g/mol. The number of rotatable bonds is 11. The van der Waals surface area contributed by atoms with E-state index >= 15 is 0 Å². The van der Waals surface area contributed by atoms with Crippen LogP contribution in [0, 0.1) is 6.92 Å². The number of aryl methyl sites for hydroxylation is 1. The minimum atomic E-state index is -0.957. The molecule has 0 unspecified atom stereocenters. The van der Waals surface area contributed by atoms with Crippen LogP contribution in [0.2, 0.25) is 0 Å². The Hall–Kier alpha value is -5.03. The van der Waals surface area contributed by atoms with Gasteiger partial charge >= 0.3 is 0 Å². The van der Waals surface area contributed by atoms with E-state index in [4.69, 9.17) is 0 Å². The zero-order chi connectivity index (χ0) is 35.3. The first-order chi connectivity index (χ1) is 23.0. The fourth-order valence-electron chi connectivity index (χ4n) is 4.31. The molecule has 4 rings (SSSR count). The Morgan fingerprint density at radius 1 is 0.729 bits per heavy atom. The van der Waals surface area contributed by atoms with E-state index in [1.807, 2.05) is 18.2 Å². The summed E-state index contributed by atoms with van der Waals surface area (Å²) in [5.74, 6) is -3.24. The maximum atomic E-state index is 12.0. The van der Waals surface area contributed by atoms with Crippen molar-refractivity contribution in [1.82, 2.24) is 26.2 Å². The Morgan fingerprint density at radius 3 is 1.88 bits per heavy atom. The third kappa shape index (κ3) is 15.0. The number of nitrogens with one attached hydrogen (secondary N) is 4. The van der Waals surface area contributed by atoms with Crippen LogP contribution in [0.4, 0.5) is 5.69 Å². The van der Waals surface area contributed by atoms with Crippen LogP contribution in [0.25, 0.3) is 0 Å². The average Bonchev–Trinajstić information content (AvgIpc) is 3.10. The minimum absolute atomic E-state index is 0.195. The molecule has 0 aliphatic carbocycles. The number of likely N-dealkylation sites (N-methyl/N-ethyl adjacent to an activating group) is 1. The maximum absolute atomic E-state index is 12.0. The molecule has 258 valence electrons. The SMILES string of the molecule is CCC.C[C@H](NC(=O)CNC(=O)c1ccccc1)C(=O)NCC(=O)C(=O)NCc1ccccc1.Cc1ccc(N2CCN(C)CC2)cc1. The van der Waals surface area contributed by atoms with Crippen molar-refractivity contribution in [3.63, 3.8) is 0 Å². The number of carbonyl (C=O) groups is 5. The number of piperazine rings is 1. The van der Waals surface area contributed by atoms with Crippen molar-refractivity contribution in [2.24, 2.45) is 0 Å².